The second-order valence-electron chi connectivity index (χ2n) is 4.35. The zero-order valence-corrected chi connectivity index (χ0v) is 12.4. The van der Waals surface area contributed by atoms with Gasteiger partial charge in [-0.2, -0.15) is 5.10 Å². The van der Waals surface area contributed by atoms with Crippen molar-refractivity contribution in [2.24, 2.45) is 0 Å². The van der Waals surface area contributed by atoms with Gasteiger partial charge in [0.15, 0.2) is 6.23 Å². The highest BCUT2D eigenvalue weighted by molar-refractivity contribution is 6.29. The fourth-order valence-electron chi connectivity index (χ4n) is 2.28. The van der Waals surface area contributed by atoms with Crippen molar-refractivity contribution in [2.75, 3.05) is 6.61 Å². The van der Waals surface area contributed by atoms with Crippen molar-refractivity contribution in [3.05, 3.63) is 23.0 Å². The third-order valence-electron chi connectivity index (χ3n) is 3.12. The third kappa shape index (κ3) is 2.90. The van der Waals surface area contributed by atoms with E-state index in [4.69, 9.17) is 16.3 Å². The molecule has 3 rings (SSSR count). The van der Waals surface area contributed by atoms with E-state index in [0.29, 0.717) is 5.15 Å². The minimum atomic E-state index is 0.0444. The van der Waals surface area contributed by atoms with Crippen molar-refractivity contribution in [3.63, 3.8) is 0 Å². The summed E-state index contributed by atoms with van der Waals surface area (Å²) < 4.78 is 7.69. The molecule has 0 aliphatic carbocycles. The van der Waals surface area contributed by atoms with Crippen molar-refractivity contribution in [3.8, 4) is 0 Å². The van der Waals surface area contributed by atoms with Crippen LogP contribution in [0.15, 0.2) is 12.1 Å². The molecule has 0 saturated carbocycles. The van der Waals surface area contributed by atoms with Gasteiger partial charge in [0.25, 0.3) is 0 Å². The van der Waals surface area contributed by atoms with Gasteiger partial charge in [0.05, 0.1) is 11.2 Å². The van der Waals surface area contributed by atoms with Crippen LogP contribution in [0.25, 0.3) is 11.0 Å². The summed E-state index contributed by atoms with van der Waals surface area (Å²) in [5, 5.41) is 5.03. The van der Waals surface area contributed by atoms with Gasteiger partial charge in [-0.3, -0.25) is 0 Å². The Kier molecular flexibility index (Phi) is 4.77. The first-order valence-electron chi connectivity index (χ1n) is 6.88. The molecule has 0 bridgehead atoms. The molecule has 0 radical (unpaired) electrons. The molecule has 1 aliphatic heterocycles. The van der Waals surface area contributed by atoms with E-state index >= 15 is 0 Å². The highest BCUT2D eigenvalue weighted by atomic mass is 35.5. The van der Waals surface area contributed by atoms with Crippen molar-refractivity contribution in [1.82, 2.24) is 14.8 Å². The summed E-state index contributed by atoms with van der Waals surface area (Å²) in [5.41, 5.74) is 2.77. The number of hydrogen-bond acceptors (Lipinski definition) is 3. The standard InChI is InChI=1S/C12H14ClN3O.C2H6/c1-8-12-9(5-6-10(13)14-12)16(15-8)11-4-2-3-7-17-11;1-2/h5-6,11H,2-4,7H2,1H3;1-2H3. The summed E-state index contributed by atoms with van der Waals surface area (Å²) in [5.74, 6) is 0. The zero-order chi connectivity index (χ0) is 13.8. The van der Waals surface area contributed by atoms with Crippen molar-refractivity contribution in [2.45, 2.75) is 46.3 Å². The van der Waals surface area contributed by atoms with Gasteiger partial charge in [0.1, 0.15) is 10.7 Å². The number of ether oxygens (including phenoxy) is 1. The molecule has 0 amide bonds. The Morgan fingerprint density at radius 1 is 1.32 bits per heavy atom. The van der Waals surface area contributed by atoms with Crippen LogP contribution in [0.1, 0.15) is 45.0 Å². The zero-order valence-electron chi connectivity index (χ0n) is 11.7. The van der Waals surface area contributed by atoms with E-state index in [-0.39, 0.29) is 6.23 Å². The lowest BCUT2D eigenvalue weighted by Crippen LogP contribution is -2.19. The smallest absolute Gasteiger partial charge is 0.150 e. The van der Waals surface area contributed by atoms with Crippen molar-refractivity contribution >= 4 is 22.6 Å². The van der Waals surface area contributed by atoms with E-state index in [9.17, 15) is 0 Å². The van der Waals surface area contributed by atoms with E-state index in [0.717, 1.165) is 36.2 Å². The molecule has 1 fully saturated rings. The second kappa shape index (κ2) is 6.35. The molecule has 4 nitrogen and oxygen atoms in total. The molecule has 2 aromatic rings. The molecule has 0 aromatic carbocycles. The van der Waals surface area contributed by atoms with Gasteiger partial charge in [-0.15, -0.1) is 0 Å². The lowest BCUT2D eigenvalue weighted by atomic mass is 10.2. The third-order valence-corrected chi connectivity index (χ3v) is 3.33. The maximum Gasteiger partial charge on any atom is 0.150 e. The Balaban J connectivity index is 0.000000637. The largest absolute Gasteiger partial charge is 0.356 e. The summed E-state index contributed by atoms with van der Waals surface area (Å²) >= 11 is 5.91. The van der Waals surface area contributed by atoms with Crippen molar-refractivity contribution < 1.29 is 4.74 Å². The molecule has 19 heavy (non-hydrogen) atoms. The average Bonchev–Trinajstić information content (AvgIpc) is 2.79. The Morgan fingerprint density at radius 2 is 2.11 bits per heavy atom. The molecular weight excluding hydrogens is 262 g/mol. The van der Waals surface area contributed by atoms with Crippen LogP contribution in [0.3, 0.4) is 0 Å². The minimum Gasteiger partial charge on any atom is -0.356 e. The van der Waals surface area contributed by atoms with Crippen LogP contribution >= 0.6 is 11.6 Å². The average molecular weight is 282 g/mol. The van der Waals surface area contributed by atoms with Crippen LogP contribution < -0.4 is 0 Å². The van der Waals surface area contributed by atoms with Crippen LogP contribution in [0.5, 0.6) is 0 Å². The summed E-state index contributed by atoms with van der Waals surface area (Å²) in [6.45, 7) is 6.76. The number of fused-ring (bicyclic) bond motifs is 1. The molecule has 1 aliphatic rings. The van der Waals surface area contributed by atoms with Crippen LogP contribution in [0.2, 0.25) is 5.15 Å². The number of aromatic nitrogens is 3. The number of hydrogen-bond donors (Lipinski definition) is 0. The number of pyridine rings is 1. The number of aryl methyl sites for hydroxylation is 1. The van der Waals surface area contributed by atoms with Gasteiger partial charge >= 0.3 is 0 Å². The van der Waals surface area contributed by atoms with E-state index in [1.54, 1.807) is 6.07 Å². The highest BCUT2D eigenvalue weighted by Crippen LogP contribution is 2.27. The van der Waals surface area contributed by atoms with Crippen LogP contribution in [-0.2, 0) is 4.74 Å². The minimum absolute atomic E-state index is 0.0444. The van der Waals surface area contributed by atoms with Crippen LogP contribution in [-0.4, -0.2) is 21.4 Å². The fraction of sp³-hybridized carbons (Fsp3) is 0.571. The maximum absolute atomic E-state index is 5.91. The number of nitrogens with zero attached hydrogens (tertiary/aromatic N) is 3. The number of rotatable bonds is 1. The van der Waals surface area contributed by atoms with Gasteiger partial charge in [-0.25, -0.2) is 9.67 Å². The SMILES string of the molecule is CC.Cc1nn(C2CCCCO2)c2ccc(Cl)nc12. The van der Waals surface area contributed by atoms with Gasteiger partial charge in [0.2, 0.25) is 0 Å². The molecule has 0 N–H and O–H groups in total. The topological polar surface area (TPSA) is 39.9 Å². The van der Waals surface area contributed by atoms with Gasteiger partial charge in [0, 0.05) is 6.61 Å². The summed E-state index contributed by atoms with van der Waals surface area (Å²) in [4.78, 5) is 4.32. The summed E-state index contributed by atoms with van der Waals surface area (Å²) in [7, 11) is 0. The summed E-state index contributed by atoms with van der Waals surface area (Å²) in [6, 6.07) is 3.76. The van der Waals surface area contributed by atoms with Gasteiger partial charge < -0.3 is 4.74 Å². The van der Waals surface area contributed by atoms with Crippen LogP contribution in [0.4, 0.5) is 0 Å². The van der Waals surface area contributed by atoms with E-state index < -0.39 is 0 Å². The highest BCUT2D eigenvalue weighted by Gasteiger charge is 2.20. The monoisotopic (exact) mass is 281 g/mol. The molecular formula is C14H20ClN3O. The fourth-order valence-corrected chi connectivity index (χ4v) is 2.43. The quantitative estimate of drug-likeness (QED) is 0.738. The molecule has 2 aromatic heterocycles. The van der Waals surface area contributed by atoms with Gasteiger partial charge in [-0.05, 0) is 38.3 Å². The Bertz CT molecular complexity index is 547. The molecule has 5 heteroatoms. The molecule has 1 atom stereocenters. The molecule has 1 saturated heterocycles. The normalized spacial score (nSPS) is 19.1. The maximum atomic E-state index is 5.91. The summed E-state index contributed by atoms with van der Waals surface area (Å²) in [6.07, 6.45) is 3.38. The first-order valence-corrected chi connectivity index (χ1v) is 7.26. The van der Waals surface area contributed by atoms with Crippen LogP contribution in [0, 0.1) is 6.92 Å². The van der Waals surface area contributed by atoms with E-state index in [1.165, 1.54) is 6.42 Å². The predicted octanol–water partition coefficient (Wildman–Crippen LogP) is 4.12. The first-order chi connectivity index (χ1) is 9.25. The molecule has 104 valence electrons. The Morgan fingerprint density at radius 3 is 2.79 bits per heavy atom. The lowest BCUT2D eigenvalue weighted by Gasteiger charge is -2.23. The predicted molar refractivity (Wildman–Crippen MR) is 77.5 cm³/mol. The molecule has 3 heterocycles. The lowest BCUT2D eigenvalue weighted by molar-refractivity contribution is -0.0368. The van der Waals surface area contributed by atoms with Gasteiger partial charge in [-0.1, -0.05) is 25.4 Å². The first kappa shape index (κ1) is 14.3. The number of halogens is 1. The Hall–Kier alpha value is -1.13. The second-order valence-corrected chi connectivity index (χ2v) is 4.74. The van der Waals surface area contributed by atoms with E-state index in [1.807, 2.05) is 31.5 Å². The Labute approximate surface area is 118 Å². The molecule has 1 unspecified atom stereocenters. The molecule has 0 spiro atoms. The van der Waals surface area contributed by atoms with Crippen molar-refractivity contribution in [1.29, 1.82) is 0 Å². The van der Waals surface area contributed by atoms with E-state index in [2.05, 4.69) is 10.1 Å².